The van der Waals surface area contributed by atoms with Gasteiger partial charge in [-0.1, -0.05) is 6.07 Å². The van der Waals surface area contributed by atoms with E-state index in [-0.39, 0.29) is 79.6 Å². The molecule has 2 N–H and O–H groups in total. The van der Waals surface area contributed by atoms with E-state index in [0.29, 0.717) is 11.3 Å². The van der Waals surface area contributed by atoms with Gasteiger partial charge in [-0.05, 0) is 42.0 Å². The molecule has 1 unspecified atom stereocenters. The molecule has 1 amide bonds. The lowest BCUT2D eigenvalue weighted by molar-refractivity contribution is -0.138. The summed E-state index contributed by atoms with van der Waals surface area (Å²) in [6, 6.07) is 7.87. The fraction of sp³-hybridized carbons (Fsp3) is 0.448. The van der Waals surface area contributed by atoms with E-state index >= 15 is 0 Å². The van der Waals surface area contributed by atoms with Crippen LogP contribution in [0.5, 0.6) is 0 Å². The van der Waals surface area contributed by atoms with Crippen molar-refractivity contribution in [2.45, 2.75) is 38.3 Å². The Labute approximate surface area is 263 Å². The standard InChI is InChI=1S/C29H33F4N5O6S2/c1-45(41,42)37-9-8-26-24(18-37)27(35-38(26)17-23(39)16-36-10-12-46(43,44)13-11-36)20-4-7-25(29(31,32)33)21(14-20)15-34-28(40)19-2-5-22(30)6-3-19/h2-7,14,23,39H,8-13,15-18H2,1H3,(H,34,40). The van der Waals surface area contributed by atoms with Crippen LogP contribution in [0, 0.1) is 5.82 Å². The first kappa shape index (κ1) is 34.0. The summed E-state index contributed by atoms with van der Waals surface area (Å²) in [4.78, 5) is 14.4. The number of aromatic nitrogens is 2. The molecular formula is C29H33F4N5O6S2. The van der Waals surface area contributed by atoms with Gasteiger partial charge in [-0.25, -0.2) is 21.2 Å². The summed E-state index contributed by atoms with van der Waals surface area (Å²) in [5, 5.41) is 18.0. The number of carbonyl (C=O) groups is 1. The van der Waals surface area contributed by atoms with E-state index in [1.165, 1.54) is 33.3 Å². The third-order valence-corrected chi connectivity index (χ3v) is 10.9. The van der Waals surface area contributed by atoms with Gasteiger partial charge in [0.25, 0.3) is 5.91 Å². The smallest absolute Gasteiger partial charge is 0.390 e. The van der Waals surface area contributed by atoms with Gasteiger partial charge in [0.1, 0.15) is 5.82 Å². The number of aliphatic hydroxyl groups excluding tert-OH is 1. The maximum absolute atomic E-state index is 14.0. The number of aliphatic hydroxyl groups is 1. The van der Waals surface area contributed by atoms with Crippen LogP contribution in [0.25, 0.3) is 11.3 Å². The Hall–Kier alpha value is -3.38. The number of β-amino-alcohol motifs (C(OH)–C–C–N with tert-alkyl or cyclic N) is 1. The minimum Gasteiger partial charge on any atom is -0.390 e. The monoisotopic (exact) mass is 687 g/mol. The molecule has 1 aromatic heterocycles. The highest BCUT2D eigenvalue weighted by molar-refractivity contribution is 7.91. The lowest BCUT2D eigenvalue weighted by atomic mass is 9.97. The van der Waals surface area contributed by atoms with Crippen molar-refractivity contribution in [3.8, 4) is 11.3 Å². The molecule has 0 bridgehead atoms. The Morgan fingerprint density at radius 2 is 1.74 bits per heavy atom. The van der Waals surface area contributed by atoms with E-state index in [0.717, 1.165) is 24.5 Å². The summed E-state index contributed by atoms with van der Waals surface area (Å²) < 4.78 is 106. The number of fused-ring (bicyclic) bond motifs is 1. The van der Waals surface area contributed by atoms with Gasteiger partial charge in [0.05, 0.1) is 41.7 Å². The Morgan fingerprint density at radius 3 is 2.37 bits per heavy atom. The van der Waals surface area contributed by atoms with Gasteiger partial charge in [-0.15, -0.1) is 0 Å². The fourth-order valence-electron chi connectivity index (χ4n) is 5.66. The van der Waals surface area contributed by atoms with Crippen LogP contribution in [0.15, 0.2) is 42.5 Å². The maximum atomic E-state index is 14.0. The van der Waals surface area contributed by atoms with Gasteiger partial charge in [0.2, 0.25) is 10.0 Å². The molecule has 3 aromatic rings. The Kier molecular flexibility index (Phi) is 9.62. The van der Waals surface area contributed by atoms with Crippen molar-refractivity contribution < 1.29 is 44.3 Å². The van der Waals surface area contributed by atoms with Crippen LogP contribution >= 0.6 is 0 Å². The van der Waals surface area contributed by atoms with Gasteiger partial charge < -0.3 is 10.4 Å². The number of hydrogen-bond donors (Lipinski definition) is 2. The van der Waals surface area contributed by atoms with Crippen LogP contribution in [0.4, 0.5) is 17.6 Å². The second kappa shape index (κ2) is 13.0. The molecule has 5 rings (SSSR count). The Morgan fingerprint density at radius 1 is 1.07 bits per heavy atom. The quantitative estimate of drug-likeness (QED) is 0.326. The van der Waals surface area contributed by atoms with Crippen LogP contribution in [0.1, 0.15) is 32.7 Å². The Balaban J connectivity index is 1.46. The van der Waals surface area contributed by atoms with Crippen LogP contribution in [0.3, 0.4) is 0 Å². The number of alkyl halides is 3. The minimum absolute atomic E-state index is 0.00826. The number of sulfone groups is 1. The molecule has 250 valence electrons. The number of nitrogens with zero attached hydrogens (tertiary/aromatic N) is 4. The third-order valence-electron chi connectivity index (χ3n) is 8.09. The number of carbonyl (C=O) groups excluding carboxylic acids is 1. The van der Waals surface area contributed by atoms with Crippen LogP contribution in [0.2, 0.25) is 0 Å². The van der Waals surface area contributed by atoms with E-state index in [9.17, 15) is 44.3 Å². The van der Waals surface area contributed by atoms with E-state index in [1.54, 1.807) is 0 Å². The zero-order chi connectivity index (χ0) is 33.4. The molecule has 1 saturated heterocycles. The maximum Gasteiger partial charge on any atom is 0.416 e. The predicted octanol–water partition coefficient (Wildman–Crippen LogP) is 2.05. The van der Waals surface area contributed by atoms with Crippen molar-refractivity contribution in [2.24, 2.45) is 0 Å². The molecule has 2 aromatic carbocycles. The second-order valence-electron chi connectivity index (χ2n) is 11.5. The molecule has 17 heteroatoms. The minimum atomic E-state index is -4.75. The van der Waals surface area contributed by atoms with Crippen LogP contribution in [-0.2, 0) is 52.1 Å². The number of halogens is 4. The average Bonchev–Trinajstić information content (AvgIpc) is 3.33. The summed E-state index contributed by atoms with van der Waals surface area (Å²) >= 11 is 0. The first-order valence-corrected chi connectivity index (χ1v) is 18.1. The summed E-state index contributed by atoms with van der Waals surface area (Å²) in [6.45, 7) is 0.265. The molecule has 1 fully saturated rings. The molecule has 2 aliphatic heterocycles. The molecule has 1 atom stereocenters. The number of sulfonamides is 1. The second-order valence-corrected chi connectivity index (χ2v) is 15.8. The van der Waals surface area contributed by atoms with Crippen molar-refractivity contribution in [1.82, 2.24) is 24.3 Å². The van der Waals surface area contributed by atoms with E-state index in [4.69, 9.17) is 0 Å². The SMILES string of the molecule is CS(=O)(=O)N1CCc2c(c(-c3ccc(C(F)(F)F)c(CNC(=O)c4ccc(F)cc4)c3)nn2CC(O)CN2CCS(=O)(=O)CC2)C1. The largest absolute Gasteiger partial charge is 0.416 e. The number of benzene rings is 2. The molecule has 11 nitrogen and oxygen atoms in total. The van der Waals surface area contributed by atoms with Crippen molar-refractivity contribution in [2.75, 3.05) is 43.9 Å². The zero-order valence-corrected chi connectivity index (χ0v) is 26.4. The van der Waals surface area contributed by atoms with Gasteiger partial charge >= 0.3 is 6.18 Å². The van der Waals surface area contributed by atoms with Crippen molar-refractivity contribution >= 4 is 25.8 Å². The number of amides is 1. The molecule has 0 spiro atoms. The predicted molar refractivity (Wildman–Crippen MR) is 160 cm³/mol. The zero-order valence-electron chi connectivity index (χ0n) is 24.8. The van der Waals surface area contributed by atoms with Crippen LogP contribution < -0.4 is 5.32 Å². The topological polar surface area (TPSA) is 142 Å². The summed E-state index contributed by atoms with van der Waals surface area (Å²) in [5.41, 5.74) is 0.402. The highest BCUT2D eigenvalue weighted by Gasteiger charge is 2.35. The van der Waals surface area contributed by atoms with Crippen molar-refractivity contribution in [3.05, 3.63) is 76.2 Å². The fourth-order valence-corrected chi connectivity index (χ4v) is 7.73. The van der Waals surface area contributed by atoms with E-state index < -0.39 is 56.0 Å². The van der Waals surface area contributed by atoms with Gasteiger partial charge in [-0.2, -0.15) is 22.6 Å². The summed E-state index contributed by atoms with van der Waals surface area (Å²) in [5.74, 6) is -1.30. The van der Waals surface area contributed by atoms with Crippen molar-refractivity contribution in [3.63, 3.8) is 0 Å². The molecular weight excluding hydrogens is 654 g/mol. The molecule has 0 saturated carbocycles. The van der Waals surface area contributed by atoms with Crippen LogP contribution in [-0.4, -0.2) is 96.9 Å². The highest BCUT2D eigenvalue weighted by atomic mass is 32.2. The first-order valence-electron chi connectivity index (χ1n) is 14.4. The normalized spacial score (nSPS) is 18.2. The summed E-state index contributed by atoms with van der Waals surface area (Å²) in [7, 11) is -6.73. The first-order chi connectivity index (χ1) is 21.5. The summed E-state index contributed by atoms with van der Waals surface area (Å²) in [6.07, 6.45) is -4.41. The lowest BCUT2D eigenvalue weighted by Gasteiger charge is -2.29. The van der Waals surface area contributed by atoms with Gasteiger partial charge in [0, 0.05) is 68.1 Å². The third kappa shape index (κ3) is 7.94. The van der Waals surface area contributed by atoms with Crippen molar-refractivity contribution in [1.29, 1.82) is 0 Å². The molecule has 46 heavy (non-hydrogen) atoms. The van der Waals surface area contributed by atoms with E-state index in [1.807, 2.05) is 4.90 Å². The number of nitrogens with one attached hydrogen (secondary N) is 1. The Bertz CT molecular complexity index is 1820. The van der Waals surface area contributed by atoms with E-state index in [2.05, 4.69) is 10.4 Å². The molecule has 3 heterocycles. The number of hydrogen-bond acceptors (Lipinski definition) is 8. The van der Waals surface area contributed by atoms with Gasteiger partial charge in [-0.3, -0.25) is 14.4 Å². The number of rotatable bonds is 9. The lowest BCUT2D eigenvalue weighted by Crippen LogP contribution is -2.44. The molecule has 0 radical (unpaired) electrons. The van der Waals surface area contributed by atoms with Gasteiger partial charge in [0.15, 0.2) is 9.84 Å². The average molecular weight is 688 g/mol. The molecule has 0 aliphatic carbocycles. The molecule has 2 aliphatic rings. The highest BCUT2D eigenvalue weighted by Crippen LogP contribution is 2.37.